The van der Waals surface area contributed by atoms with Crippen LogP contribution < -0.4 is 5.32 Å². The van der Waals surface area contributed by atoms with Crippen molar-refractivity contribution in [1.82, 2.24) is 5.32 Å². The Morgan fingerprint density at radius 2 is 2.40 bits per heavy atom. The van der Waals surface area contributed by atoms with Gasteiger partial charge < -0.3 is 10.1 Å². The lowest BCUT2D eigenvalue weighted by Gasteiger charge is -2.19. The first-order chi connectivity index (χ1) is 9.78. The van der Waals surface area contributed by atoms with Crippen LogP contribution in [0.2, 0.25) is 0 Å². The zero-order valence-corrected chi connectivity index (χ0v) is 14.5. The molecule has 1 N–H and O–H groups in total. The molecule has 2 rings (SSSR count). The average molecular weight is 358 g/mol. The summed E-state index contributed by atoms with van der Waals surface area (Å²) in [6, 6.07) is 9.12. The topological polar surface area (TPSA) is 21.3 Å². The van der Waals surface area contributed by atoms with E-state index in [4.69, 9.17) is 4.74 Å². The van der Waals surface area contributed by atoms with E-state index >= 15 is 0 Å². The summed E-state index contributed by atoms with van der Waals surface area (Å²) < 4.78 is 6.87. The van der Waals surface area contributed by atoms with Crippen molar-refractivity contribution in [2.75, 3.05) is 18.9 Å². The number of hydrogen-bond donors (Lipinski definition) is 1. The van der Waals surface area contributed by atoms with Gasteiger partial charge in [0.2, 0.25) is 0 Å². The van der Waals surface area contributed by atoms with E-state index in [1.807, 2.05) is 11.8 Å². The zero-order valence-electron chi connectivity index (χ0n) is 12.1. The molecule has 0 aromatic heterocycles. The Morgan fingerprint density at radius 3 is 3.10 bits per heavy atom. The Labute approximate surface area is 135 Å². The van der Waals surface area contributed by atoms with Gasteiger partial charge in [-0.3, -0.25) is 0 Å². The van der Waals surface area contributed by atoms with Crippen molar-refractivity contribution in [3.8, 4) is 0 Å². The summed E-state index contributed by atoms with van der Waals surface area (Å²) in [6.45, 7) is 4.18. The third-order valence-corrected chi connectivity index (χ3v) is 5.25. The van der Waals surface area contributed by atoms with E-state index in [1.54, 1.807) is 0 Å². The highest BCUT2D eigenvalue weighted by Gasteiger charge is 2.17. The summed E-state index contributed by atoms with van der Waals surface area (Å²) in [5, 5.41) is 3.60. The highest BCUT2D eigenvalue weighted by Crippen LogP contribution is 2.24. The lowest BCUT2D eigenvalue weighted by Crippen LogP contribution is -2.32. The van der Waals surface area contributed by atoms with Crippen LogP contribution in [-0.2, 0) is 4.74 Å². The molecule has 1 aliphatic heterocycles. The second kappa shape index (κ2) is 9.08. The van der Waals surface area contributed by atoms with E-state index < -0.39 is 0 Å². The maximum absolute atomic E-state index is 5.72. The molecule has 1 saturated heterocycles. The van der Waals surface area contributed by atoms with Gasteiger partial charge in [0.15, 0.2) is 0 Å². The molecular weight excluding hydrogens is 334 g/mol. The smallest absolute Gasteiger partial charge is 0.0576 e. The van der Waals surface area contributed by atoms with E-state index in [2.05, 4.69) is 52.4 Å². The Morgan fingerprint density at radius 1 is 1.50 bits per heavy atom. The minimum Gasteiger partial charge on any atom is -0.378 e. The Balaban J connectivity index is 1.75. The van der Waals surface area contributed by atoms with Crippen molar-refractivity contribution in [1.29, 1.82) is 0 Å². The van der Waals surface area contributed by atoms with E-state index in [-0.39, 0.29) is 0 Å². The van der Waals surface area contributed by atoms with E-state index in [1.165, 1.54) is 30.6 Å². The molecule has 0 radical (unpaired) electrons. The molecule has 0 amide bonds. The summed E-state index contributed by atoms with van der Waals surface area (Å²) in [7, 11) is 0. The largest absolute Gasteiger partial charge is 0.378 e. The van der Waals surface area contributed by atoms with Crippen LogP contribution in [0.1, 0.15) is 32.6 Å². The molecule has 1 aliphatic rings. The second-order valence-corrected chi connectivity index (χ2v) is 7.24. The lowest BCUT2D eigenvalue weighted by atomic mass is 10.1. The molecule has 4 heteroatoms. The second-order valence-electron chi connectivity index (χ2n) is 5.24. The molecule has 1 aromatic rings. The molecule has 0 bridgehead atoms. The van der Waals surface area contributed by atoms with Crippen LogP contribution >= 0.6 is 27.7 Å². The normalized spacial score (nSPS) is 20.2. The maximum atomic E-state index is 5.72. The summed E-state index contributed by atoms with van der Waals surface area (Å²) in [4.78, 5) is 1.33. The Bertz CT molecular complexity index is 396. The van der Waals surface area contributed by atoms with Gasteiger partial charge in [-0.2, -0.15) is 0 Å². The molecule has 0 aliphatic carbocycles. The molecule has 20 heavy (non-hydrogen) atoms. The number of thioether (sulfide) groups is 1. The first-order valence-corrected chi connectivity index (χ1v) is 9.29. The third-order valence-electron chi connectivity index (χ3n) is 3.60. The van der Waals surface area contributed by atoms with E-state index in [9.17, 15) is 0 Å². The molecule has 0 spiro atoms. The van der Waals surface area contributed by atoms with Gasteiger partial charge in [0.25, 0.3) is 0 Å². The summed E-state index contributed by atoms with van der Waals surface area (Å²) in [5.41, 5.74) is 0. The number of rotatable bonds is 8. The SMILES string of the molecule is CCNC(CCC1CCCO1)CSc1cccc(Br)c1. The zero-order chi connectivity index (χ0) is 14.2. The first-order valence-electron chi connectivity index (χ1n) is 7.51. The number of hydrogen-bond acceptors (Lipinski definition) is 3. The van der Waals surface area contributed by atoms with Gasteiger partial charge in [-0.25, -0.2) is 0 Å². The standard InChI is InChI=1S/C16H24BrNOS/c1-2-18-14(8-9-15-6-4-10-19-15)12-20-16-7-3-5-13(17)11-16/h3,5,7,11,14-15,18H,2,4,6,8-10,12H2,1H3. The van der Waals surface area contributed by atoms with Crippen molar-refractivity contribution in [2.45, 2.75) is 49.6 Å². The highest BCUT2D eigenvalue weighted by atomic mass is 79.9. The predicted molar refractivity (Wildman–Crippen MR) is 90.5 cm³/mol. The summed E-state index contributed by atoms with van der Waals surface area (Å²) in [5.74, 6) is 1.12. The van der Waals surface area contributed by atoms with Crippen LogP contribution in [0.3, 0.4) is 0 Å². The molecule has 1 fully saturated rings. The van der Waals surface area contributed by atoms with Gasteiger partial charge in [0.05, 0.1) is 6.10 Å². The van der Waals surface area contributed by atoms with Gasteiger partial charge in [0.1, 0.15) is 0 Å². The van der Waals surface area contributed by atoms with Crippen LogP contribution in [0.15, 0.2) is 33.6 Å². The number of nitrogens with one attached hydrogen (secondary N) is 1. The van der Waals surface area contributed by atoms with Crippen LogP contribution in [0.4, 0.5) is 0 Å². The van der Waals surface area contributed by atoms with Gasteiger partial charge in [-0.05, 0) is 50.4 Å². The molecule has 0 saturated carbocycles. The molecule has 1 heterocycles. The van der Waals surface area contributed by atoms with E-state index in [0.717, 1.165) is 23.4 Å². The molecule has 2 nitrogen and oxygen atoms in total. The maximum Gasteiger partial charge on any atom is 0.0576 e. The fraction of sp³-hybridized carbons (Fsp3) is 0.625. The van der Waals surface area contributed by atoms with Crippen molar-refractivity contribution in [2.24, 2.45) is 0 Å². The Hall–Kier alpha value is -0.0300. The van der Waals surface area contributed by atoms with Crippen molar-refractivity contribution < 1.29 is 4.74 Å². The van der Waals surface area contributed by atoms with Crippen LogP contribution in [0.25, 0.3) is 0 Å². The van der Waals surface area contributed by atoms with Gasteiger partial charge in [-0.15, -0.1) is 11.8 Å². The predicted octanol–water partition coefficient (Wildman–Crippen LogP) is 4.48. The van der Waals surface area contributed by atoms with E-state index in [0.29, 0.717) is 12.1 Å². The highest BCUT2D eigenvalue weighted by molar-refractivity contribution is 9.10. The summed E-state index contributed by atoms with van der Waals surface area (Å²) in [6.07, 6.45) is 5.39. The van der Waals surface area contributed by atoms with Crippen molar-refractivity contribution >= 4 is 27.7 Å². The number of ether oxygens (including phenoxy) is 1. The van der Waals surface area contributed by atoms with Crippen LogP contribution in [-0.4, -0.2) is 31.1 Å². The molecule has 112 valence electrons. The molecule has 1 aromatic carbocycles. The summed E-state index contributed by atoms with van der Waals surface area (Å²) >= 11 is 5.46. The number of halogens is 1. The fourth-order valence-corrected chi connectivity index (χ4v) is 4.16. The van der Waals surface area contributed by atoms with Crippen molar-refractivity contribution in [3.63, 3.8) is 0 Å². The lowest BCUT2D eigenvalue weighted by molar-refractivity contribution is 0.100. The Kier molecular flexibility index (Phi) is 7.42. The fourth-order valence-electron chi connectivity index (χ4n) is 2.55. The minimum atomic E-state index is 0.507. The quantitative estimate of drug-likeness (QED) is 0.693. The van der Waals surface area contributed by atoms with Crippen LogP contribution in [0.5, 0.6) is 0 Å². The molecular formula is C16H24BrNOS. The van der Waals surface area contributed by atoms with Crippen LogP contribution in [0, 0.1) is 0 Å². The molecule has 2 unspecified atom stereocenters. The minimum absolute atomic E-state index is 0.507. The molecule has 2 atom stereocenters. The van der Waals surface area contributed by atoms with Crippen molar-refractivity contribution in [3.05, 3.63) is 28.7 Å². The van der Waals surface area contributed by atoms with Gasteiger partial charge in [-0.1, -0.05) is 28.9 Å². The average Bonchev–Trinajstić information content (AvgIpc) is 2.95. The van der Waals surface area contributed by atoms with Gasteiger partial charge >= 0.3 is 0 Å². The van der Waals surface area contributed by atoms with Gasteiger partial charge in [0, 0.05) is 27.8 Å². The number of benzene rings is 1. The first kappa shape index (κ1) is 16.3. The monoisotopic (exact) mass is 357 g/mol. The third kappa shape index (κ3) is 5.76.